The van der Waals surface area contributed by atoms with Crippen LogP contribution in [0.15, 0.2) is 18.2 Å². The molecule has 1 nitrogen and oxygen atoms in total. The molecule has 0 unspecified atom stereocenters. The molecule has 1 fully saturated rings. The lowest BCUT2D eigenvalue weighted by molar-refractivity contribution is -0.138. The number of halogens is 4. The van der Waals surface area contributed by atoms with Gasteiger partial charge in [-0.15, -0.1) is 0 Å². The van der Waals surface area contributed by atoms with Gasteiger partial charge >= 0.3 is 6.18 Å². The highest BCUT2D eigenvalue weighted by Crippen LogP contribution is 2.49. The van der Waals surface area contributed by atoms with Crippen LogP contribution in [0, 0.1) is 11.2 Å². The molecule has 0 bridgehead atoms. The molecule has 5 heteroatoms. The fourth-order valence-electron chi connectivity index (χ4n) is 2.65. The molecule has 0 radical (unpaired) electrons. The third kappa shape index (κ3) is 3.72. The van der Waals surface area contributed by atoms with Crippen LogP contribution >= 0.6 is 0 Å². The number of nitrogens with one attached hydrogen (secondary N) is 1. The first-order valence-electron chi connectivity index (χ1n) is 6.93. The Hall–Kier alpha value is -1.10. The summed E-state index contributed by atoms with van der Waals surface area (Å²) in [5.74, 6) is -0.856. The van der Waals surface area contributed by atoms with Crippen molar-refractivity contribution in [1.82, 2.24) is 5.32 Å². The van der Waals surface area contributed by atoms with Crippen LogP contribution < -0.4 is 5.32 Å². The summed E-state index contributed by atoms with van der Waals surface area (Å²) in [5.41, 5.74) is -0.496. The normalized spacial score (nSPS) is 17.2. The summed E-state index contributed by atoms with van der Waals surface area (Å²) < 4.78 is 51.5. The molecule has 0 spiro atoms. The Morgan fingerprint density at radius 2 is 1.95 bits per heavy atom. The van der Waals surface area contributed by atoms with E-state index in [1.807, 2.05) is 0 Å². The molecule has 1 aromatic rings. The highest BCUT2D eigenvalue weighted by Gasteiger charge is 2.41. The van der Waals surface area contributed by atoms with Gasteiger partial charge in [-0.2, -0.15) is 13.2 Å². The lowest BCUT2D eigenvalue weighted by atomic mass is 10.0. The maximum Gasteiger partial charge on any atom is 0.416 e. The van der Waals surface area contributed by atoms with Gasteiger partial charge in [0.2, 0.25) is 0 Å². The van der Waals surface area contributed by atoms with Crippen LogP contribution in [-0.4, -0.2) is 6.54 Å². The van der Waals surface area contributed by atoms with Gasteiger partial charge in [-0.3, -0.25) is 0 Å². The lowest BCUT2D eigenvalue weighted by Gasteiger charge is -2.17. The zero-order valence-electron chi connectivity index (χ0n) is 11.5. The van der Waals surface area contributed by atoms with Crippen molar-refractivity contribution in [2.45, 2.75) is 45.3 Å². The summed E-state index contributed by atoms with van der Waals surface area (Å²) in [5, 5.41) is 3.10. The van der Waals surface area contributed by atoms with Gasteiger partial charge in [-0.1, -0.05) is 19.4 Å². The molecule has 0 aliphatic heterocycles. The van der Waals surface area contributed by atoms with Crippen molar-refractivity contribution in [1.29, 1.82) is 0 Å². The Morgan fingerprint density at radius 1 is 1.25 bits per heavy atom. The van der Waals surface area contributed by atoms with E-state index in [0.29, 0.717) is 6.07 Å². The molecule has 1 N–H and O–H groups in total. The first-order valence-corrected chi connectivity index (χ1v) is 6.93. The van der Waals surface area contributed by atoms with Crippen LogP contribution in [0.5, 0.6) is 0 Å². The fraction of sp³-hybridized carbons (Fsp3) is 0.600. The molecular weight excluding hydrogens is 270 g/mol. The van der Waals surface area contributed by atoms with Crippen LogP contribution in [-0.2, 0) is 12.7 Å². The Bertz CT molecular complexity index is 463. The van der Waals surface area contributed by atoms with Gasteiger partial charge in [-0.05, 0) is 42.4 Å². The van der Waals surface area contributed by atoms with E-state index < -0.39 is 17.6 Å². The van der Waals surface area contributed by atoms with E-state index >= 15 is 0 Å². The molecule has 112 valence electrons. The summed E-state index contributed by atoms with van der Waals surface area (Å²) in [6, 6.07) is 2.85. The zero-order valence-corrected chi connectivity index (χ0v) is 11.5. The zero-order chi connectivity index (χ0) is 14.8. The van der Waals surface area contributed by atoms with E-state index in [-0.39, 0.29) is 17.5 Å². The summed E-state index contributed by atoms with van der Waals surface area (Å²) in [4.78, 5) is 0. The van der Waals surface area contributed by atoms with E-state index in [2.05, 4.69) is 12.2 Å². The van der Waals surface area contributed by atoms with Gasteiger partial charge in [0.15, 0.2) is 0 Å². The summed E-state index contributed by atoms with van der Waals surface area (Å²) in [6.45, 7) is 2.97. The minimum atomic E-state index is -4.51. The van der Waals surface area contributed by atoms with Gasteiger partial charge in [0.1, 0.15) is 5.82 Å². The summed E-state index contributed by atoms with van der Waals surface area (Å²) >= 11 is 0. The SMILES string of the molecule is CCCC1(CNCc2ccc(F)cc2C(F)(F)F)CC1. The maximum atomic E-state index is 13.0. The standard InChI is InChI=1S/C15H19F4N/c1-2-5-14(6-7-14)10-20-9-11-3-4-12(16)8-13(11)15(17,18)19/h3-4,8,20H,2,5-7,9-10H2,1H3. The fourth-order valence-corrected chi connectivity index (χ4v) is 2.65. The molecule has 0 atom stereocenters. The Kier molecular flexibility index (Phi) is 4.37. The molecule has 0 aromatic heterocycles. The molecule has 1 aliphatic carbocycles. The summed E-state index contributed by atoms with van der Waals surface area (Å²) in [6.07, 6.45) is -0.0336. The van der Waals surface area contributed by atoms with E-state index in [9.17, 15) is 17.6 Å². The average Bonchev–Trinajstić information content (AvgIpc) is 3.10. The van der Waals surface area contributed by atoms with Crippen molar-refractivity contribution in [3.63, 3.8) is 0 Å². The van der Waals surface area contributed by atoms with Gasteiger partial charge in [-0.25, -0.2) is 4.39 Å². The number of benzene rings is 1. The number of hydrogen-bond donors (Lipinski definition) is 1. The molecular formula is C15H19F4N. The van der Waals surface area contributed by atoms with Crippen molar-refractivity contribution in [3.8, 4) is 0 Å². The molecule has 1 aromatic carbocycles. The minimum Gasteiger partial charge on any atom is -0.312 e. The van der Waals surface area contributed by atoms with E-state index in [1.165, 1.54) is 6.07 Å². The van der Waals surface area contributed by atoms with E-state index in [0.717, 1.165) is 38.3 Å². The number of alkyl halides is 3. The van der Waals surface area contributed by atoms with Gasteiger partial charge < -0.3 is 5.32 Å². The van der Waals surface area contributed by atoms with Crippen LogP contribution in [0.2, 0.25) is 0 Å². The quantitative estimate of drug-likeness (QED) is 0.759. The second-order valence-corrected chi connectivity index (χ2v) is 5.65. The predicted octanol–water partition coefficient (Wildman–Crippen LogP) is 4.51. The third-order valence-electron chi connectivity index (χ3n) is 3.93. The van der Waals surface area contributed by atoms with Crippen molar-refractivity contribution in [3.05, 3.63) is 35.1 Å². The Morgan fingerprint density at radius 3 is 2.50 bits per heavy atom. The maximum absolute atomic E-state index is 13.0. The van der Waals surface area contributed by atoms with Crippen molar-refractivity contribution < 1.29 is 17.6 Å². The first-order chi connectivity index (χ1) is 9.36. The monoisotopic (exact) mass is 289 g/mol. The second kappa shape index (κ2) is 5.72. The molecule has 1 aliphatic rings. The Labute approximate surface area is 116 Å². The minimum absolute atomic E-state index is 0.103. The van der Waals surface area contributed by atoms with Gasteiger partial charge in [0, 0.05) is 13.1 Å². The van der Waals surface area contributed by atoms with Gasteiger partial charge in [0.25, 0.3) is 0 Å². The molecule has 2 rings (SSSR count). The molecule has 0 heterocycles. The van der Waals surface area contributed by atoms with Crippen LogP contribution in [0.3, 0.4) is 0 Å². The van der Waals surface area contributed by atoms with Gasteiger partial charge in [0.05, 0.1) is 5.56 Å². The molecule has 1 saturated carbocycles. The number of rotatable bonds is 6. The van der Waals surface area contributed by atoms with E-state index in [4.69, 9.17) is 0 Å². The highest BCUT2D eigenvalue weighted by molar-refractivity contribution is 5.30. The highest BCUT2D eigenvalue weighted by atomic mass is 19.4. The Balaban J connectivity index is 1.99. The molecule has 0 saturated heterocycles. The van der Waals surface area contributed by atoms with Crippen LogP contribution in [0.1, 0.15) is 43.7 Å². The molecule has 0 amide bonds. The largest absolute Gasteiger partial charge is 0.416 e. The number of hydrogen-bond acceptors (Lipinski definition) is 1. The van der Waals surface area contributed by atoms with Crippen molar-refractivity contribution in [2.75, 3.05) is 6.54 Å². The average molecular weight is 289 g/mol. The second-order valence-electron chi connectivity index (χ2n) is 5.65. The topological polar surface area (TPSA) is 12.0 Å². The third-order valence-corrected chi connectivity index (χ3v) is 3.93. The predicted molar refractivity (Wildman–Crippen MR) is 69.7 cm³/mol. The van der Waals surface area contributed by atoms with E-state index in [1.54, 1.807) is 0 Å². The van der Waals surface area contributed by atoms with Crippen molar-refractivity contribution in [2.24, 2.45) is 5.41 Å². The smallest absolute Gasteiger partial charge is 0.312 e. The van der Waals surface area contributed by atoms with Crippen molar-refractivity contribution >= 4 is 0 Å². The van der Waals surface area contributed by atoms with Crippen LogP contribution in [0.4, 0.5) is 17.6 Å². The molecule has 20 heavy (non-hydrogen) atoms. The summed E-state index contributed by atoms with van der Waals surface area (Å²) in [7, 11) is 0. The lowest BCUT2D eigenvalue weighted by Crippen LogP contribution is -2.25. The van der Waals surface area contributed by atoms with Crippen LogP contribution in [0.25, 0.3) is 0 Å². The first kappa shape index (κ1) is 15.3.